The number of aromatic nitrogens is 1. The van der Waals surface area contributed by atoms with Crippen molar-refractivity contribution in [2.24, 2.45) is 5.92 Å². The molecule has 0 saturated carbocycles. The fourth-order valence-corrected chi connectivity index (χ4v) is 3.22. The van der Waals surface area contributed by atoms with Gasteiger partial charge in [-0.1, -0.05) is 32.0 Å². The fraction of sp³-hybridized carbons (Fsp3) is 0.474. The van der Waals surface area contributed by atoms with E-state index in [0.717, 1.165) is 42.4 Å². The van der Waals surface area contributed by atoms with Crippen LogP contribution in [-0.4, -0.2) is 40.8 Å². The number of H-pyrrole nitrogens is 1. The van der Waals surface area contributed by atoms with Crippen LogP contribution in [0.4, 0.5) is 0 Å². The highest BCUT2D eigenvalue weighted by molar-refractivity contribution is 5.90. The minimum absolute atomic E-state index is 0.0341. The molecule has 1 atom stereocenters. The second-order valence-corrected chi connectivity index (χ2v) is 6.81. The van der Waals surface area contributed by atoms with E-state index in [1.54, 1.807) is 0 Å². The lowest BCUT2D eigenvalue weighted by molar-refractivity contribution is -0.136. The maximum absolute atomic E-state index is 12.9. The first-order chi connectivity index (χ1) is 11.6. The van der Waals surface area contributed by atoms with Crippen LogP contribution in [0.5, 0.6) is 0 Å². The van der Waals surface area contributed by atoms with Crippen LogP contribution in [0.3, 0.4) is 0 Å². The highest BCUT2D eigenvalue weighted by Crippen LogP contribution is 2.20. The molecule has 128 valence electrons. The number of fused-ring (bicyclic) bond motifs is 1. The average Bonchev–Trinajstić information content (AvgIpc) is 3.23. The molecule has 1 aromatic carbocycles. The van der Waals surface area contributed by atoms with Crippen LogP contribution in [0.2, 0.25) is 0 Å². The van der Waals surface area contributed by atoms with E-state index in [1.807, 2.05) is 49.2 Å². The Hall–Kier alpha value is -2.30. The number of nitrogens with one attached hydrogen (secondary N) is 2. The first-order valence-corrected chi connectivity index (χ1v) is 8.70. The van der Waals surface area contributed by atoms with Crippen molar-refractivity contribution >= 4 is 22.7 Å². The number of para-hydroxylation sites is 1. The van der Waals surface area contributed by atoms with Crippen molar-refractivity contribution in [3.8, 4) is 0 Å². The van der Waals surface area contributed by atoms with Crippen molar-refractivity contribution in [1.82, 2.24) is 15.2 Å². The molecule has 0 unspecified atom stereocenters. The number of aromatic amines is 1. The molecule has 0 bridgehead atoms. The number of rotatable bonds is 5. The lowest BCUT2D eigenvalue weighted by atomic mass is 10.0. The standard InChI is InChI=1S/C19H25N3O2/c1-13(2)18(23)21-17(19(24)22-9-5-6-10-22)11-14-12-20-16-8-4-3-7-15(14)16/h3-4,7-8,12-13,17,20H,5-6,9-11H2,1-2H3,(H,21,23)/t17-/m0/s1. The highest BCUT2D eigenvalue weighted by Gasteiger charge is 2.29. The number of carbonyl (C=O) groups is 2. The van der Waals surface area contributed by atoms with Gasteiger partial charge in [-0.05, 0) is 24.5 Å². The molecule has 0 radical (unpaired) electrons. The van der Waals surface area contributed by atoms with Crippen LogP contribution in [0.1, 0.15) is 32.3 Å². The van der Waals surface area contributed by atoms with Crippen molar-refractivity contribution in [2.75, 3.05) is 13.1 Å². The van der Waals surface area contributed by atoms with E-state index in [1.165, 1.54) is 0 Å². The largest absolute Gasteiger partial charge is 0.361 e. The fourth-order valence-electron chi connectivity index (χ4n) is 3.22. The van der Waals surface area contributed by atoms with E-state index in [-0.39, 0.29) is 17.7 Å². The first-order valence-electron chi connectivity index (χ1n) is 8.70. The molecule has 24 heavy (non-hydrogen) atoms. The van der Waals surface area contributed by atoms with Gasteiger partial charge in [0.25, 0.3) is 0 Å². The SMILES string of the molecule is CC(C)C(=O)N[C@@H](Cc1c[nH]c2ccccc12)C(=O)N1CCCC1. The van der Waals surface area contributed by atoms with Crippen molar-refractivity contribution in [3.05, 3.63) is 36.0 Å². The summed E-state index contributed by atoms with van der Waals surface area (Å²) in [6.07, 6.45) is 4.54. The number of amides is 2. The molecule has 0 spiro atoms. The summed E-state index contributed by atoms with van der Waals surface area (Å²) in [7, 11) is 0. The monoisotopic (exact) mass is 327 g/mol. The van der Waals surface area contributed by atoms with Crippen molar-refractivity contribution in [1.29, 1.82) is 0 Å². The van der Waals surface area contributed by atoms with Gasteiger partial charge in [-0.25, -0.2) is 0 Å². The number of hydrogen-bond donors (Lipinski definition) is 2. The van der Waals surface area contributed by atoms with Crippen molar-refractivity contribution < 1.29 is 9.59 Å². The highest BCUT2D eigenvalue weighted by atomic mass is 16.2. The van der Waals surface area contributed by atoms with Gasteiger partial charge in [-0.3, -0.25) is 9.59 Å². The van der Waals surface area contributed by atoms with Gasteiger partial charge in [0.2, 0.25) is 11.8 Å². The lowest BCUT2D eigenvalue weighted by Crippen LogP contribution is -2.49. The number of nitrogens with zero attached hydrogens (tertiary/aromatic N) is 1. The summed E-state index contributed by atoms with van der Waals surface area (Å²) in [4.78, 5) is 30.2. The summed E-state index contributed by atoms with van der Waals surface area (Å²) in [6, 6.07) is 7.53. The van der Waals surface area contributed by atoms with E-state index >= 15 is 0 Å². The molecule has 2 aromatic rings. The summed E-state index contributed by atoms with van der Waals surface area (Å²) < 4.78 is 0. The van der Waals surface area contributed by atoms with Crippen LogP contribution >= 0.6 is 0 Å². The van der Waals surface area contributed by atoms with Crippen LogP contribution in [0, 0.1) is 5.92 Å². The predicted molar refractivity (Wildman–Crippen MR) is 94.6 cm³/mol. The first kappa shape index (κ1) is 16.6. The number of carbonyl (C=O) groups excluding carboxylic acids is 2. The Morgan fingerprint density at radius 1 is 1.21 bits per heavy atom. The number of benzene rings is 1. The van der Waals surface area contributed by atoms with E-state index in [4.69, 9.17) is 0 Å². The number of hydrogen-bond acceptors (Lipinski definition) is 2. The molecule has 3 rings (SSSR count). The maximum Gasteiger partial charge on any atom is 0.245 e. The summed E-state index contributed by atoms with van der Waals surface area (Å²) in [5.41, 5.74) is 2.11. The van der Waals surface area contributed by atoms with E-state index in [9.17, 15) is 9.59 Å². The molecule has 0 aliphatic carbocycles. The molecule has 1 fully saturated rings. The normalized spacial score (nSPS) is 15.9. The summed E-state index contributed by atoms with van der Waals surface area (Å²) in [5, 5.41) is 4.06. The van der Waals surface area contributed by atoms with Gasteiger partial charge >= 0.3 is 0 Å². The third-order valence-corrected chi connectivity index (χ3v) is 4.66. The molecule has 2 N–H and O–H groups in total. The van der Waals surface area contributed by atoms with Crippen molar-refractivity contribution in [3.63, 3.8) is 0 Å². The van der Waals surface area contributed by atoms with Gasteiger partial charge in [0.05, 0.1) is 0 Å². The summed E-state index contributed by atoms with van der Waals surface area (Å²) >= 11 is 0. The molecule has 1 aliphatic heterocycles. The van der Waals surface area contributed by atoms with Gasteiger partial charge in [-0.15, -0.1) is 0 Å². The Labute approximate surface area is 142 Å². The van der Waals surface area contributed by atoms with E-state index in [2.05, 4.69) is 10.3 Å². The van der Waals surface area contributed by atoms with Crippen LogP contribution in [-0.2, 0) is 16.0 Å². The molecular formula is C19H25N3O2. The second-order valence-electron chi connectivity index (χ2n) is 6.81. The Morgan fingerprint density at radius 2 is 1.92 bits per heavy atom. The zero-order valence-electron chi connectivity index (χ0n) is 14.3. The zero-order chi connectivity index (χ0) is 17.1. The number of likely N-dealkylation sites (tertiary alicyclic amines) is 1. The minimum Gasteiger partial charge on any atom is -0.361 e. The summed E-state index contributed by atoms with van der Waals surface area (Å²) in [5.74, 6) is -0.180. The van der Waals surface area contributed by atoms with Crippen molar-refractivity contribution in [2.45, 2.75) is 39.2 Å². The average molecular weight is 327 g/mol. The lowest BCUT2D eigenvalue weighted by Gasteiger charge is -2.24. The molecule has 2 amide bonds. The predicted octanol–water partition coefficient (Wildman–Crippen LogP) is 2.47. The smallest absolute Gasteiger partial charge is 0.245 e. The molecular weight excluding hydrogens is 302 g/mol. The van der Waals surface area contributed by atoms with Gasteiger partial charge in [0, 0.05) is 42.5 Å². The third kappa shape index (κ3) is 3.45. The van der Waals surface area contributed by atoms with Gasteiger partial charge in [0.1, 0.15) is 6.04 Å². The van der Waals surface area contributed by atoms with Crippen LogP contribution in [0.25, 0.3) is 10.9 Å². The Kier molecular flexibility index (Phi) is 4.88. The topological polar surface area (TPSA) is 65.2 Å². The molecule has 2 heterocycles. The molecule has 5 nitrogen and oxygen atoms in total. The van der Waals surface area contributed by atoms with Gasteiger partial charge in [-0.2, -0.15) is 0 Å². The third-order valence-electron chi connectivity index (χ3n) is 4.66. The minimum atomic E-state index is -0.503. The Morgan fingerprint density at radius 3 is 2.62 bits per heavy atom. The Bertz CT molecular complexity index is 729. The van der Waals surface area contributed by atoms with Crippen LogP contribution in [0.15, 0.2) is 30.5 Å². The quantitative estimate of drug-likeness (QED) is 0.886. The maximum atomic E-state index is 12.9. The van der Waals surface area contributed by atoms with Gasteiger partial charge < -0.3 is 15.2 Å². The Balaban J connectivity index is 1.83. The molecule has 1 saturated heterocycles. The molecule has 5 heteroatoms. The van der Waals surface area contributed by atoms with E-state index < -0.39 is 6.04 Å². The second kappa shape index (κ2) is 7.07. The van der Waals surface area contributed by atoms with Gasteiger partial charge in [0.15, 0.2) is 0 Å². The zero-order valence-corrected chi connectivity index (χ0v) is 14.3. The summed E-state index contributed by atoms with van der Waals surface area (Å²) in [6.45, 7) is 5.28. The molecule has 1 aromatic heterocycles. The van der Waals surface area contributed by atoms with E-state index in [0.29, 0.717) is 6.42 Å². The molecule has 1 aliphatic rings. The van der Waals surface area contributed by atoms with Crippen LogP contribution < -0.4 is 5.32 Å².